The fraction of sp³-hybridized carbons (Fsp3) is 0.500. The Morgan fingerprint density at radius 1 is 1.24 bits per heavy atom. The molecule has 0 aliphatic carbocycles. The minimum Gasteiger partial charge on any atom is -0.395 e. The van der Waals surface area contributed by atoms with Crippen molar-refractivity contribution in [3.8, 4) is 0 Å². The molecule has 0 aliphatic heterocycles. The van der Waals surface area contributed by atoms with Crippen LogP contribution < -0.4 is 5.32 Å². The molecule has 2 N–H and O–H groups in total. The first-order valence-corrected chi connectivity index (χ1v) is 7.15. The number of hydrogen-bond acceptors (Lipinski definition) is 3. The van der Waals surface area contributed by atoms with E-state index < -0.39 is 6.04 Å². The van der Waals surface area contributed by atoms with E-state index in [1.807, 2.05) is 44.2 Å². The van der Waals surface area contributed by atoms with Crippen LogP contribution >= 0.6 is 0 Å². The van der Waals surface area contributed by atoms with Gasteiger partial charge in [-0.05, 0) is 11.5 Å². The van der Waals surface area contributed by atoms with Crippen molar-refractivity contribution in [2.45, 2.75) is 26.3 Å². The van der Waals surface area contributed by atoms with Gasteiger partial charge in [-0.1, -0.05) is 44.2 Å². The number of likely N-dealkylation sites (N-methyl/N-ethyl adjacent to an activating group) is 1. The lowest BCUT2D eigenvalue weighted by atomic mass is 10.0. The summed E-state index contributed by atoms with van der Waals surface area (Å²) in [4.78, 5) is 25.9. The Bertz CT molecular complexity index is 460. The van der Waals surface area contributed by atoms with E-state index in [9.17, 15) is 9.59 Å². The third-order valence-corrected chi connectivity index (χ3v) is 3.09. The van der Waals surface area contributed by atoms with E-state index in [0.717, 1.165) is 5.56 Å². The Hall–Kier alpha value is -1.88. The van der Waals surface area contributed by atoms with Crippen LogP contribution in [-0.2, 0) is 9.59 Å². The molecule has 0 radical (unpaired) electrons. The maximum Gasteiger partial charge on any atom is 0.249 e. The lowest BCUT2D eigenvalue weighted by Gasteiger charge is -2.24. The summed E-state index contributed by atoms with van der Waals surface area (Å²) >= 11 is 0. The van der Waals surface area contributed by atoms with Crippen molar-refractivity contribution >= 4 is 11.8 Å². The highest BCUT2D eigenvalue weighted by Crippen LogP contribution is 2.16. The summed E-state index contributed by atoms with van der Waals surface area (Å²) in [6.45, 7) is 4.04. The van der Waals surface area contributed by atoms with E-state index in [4.69, 9.17) is 5.11 Å². The first-order valence-electron chi connectivity index (χ1n) is 7.15. The molecular weight excluding hydrogens is 268 g/mol. The first-order chi connectivity index (χ1) is 9.95. The van der Waals surface area contributed by atoms with Gasteiger partial charge in [0.1, 0.15) is 6.04 Å². The Kier molecular flexibility index (Phi) is 6.88. The van der Waals surface area contributed by atoms with E-state index >= 15 is 0 Å². The van der Waals surface area contributed by atoms with Crippen LogP contribution in [0, 0.1) is 5.92 Å². The van der Waals surface area contributed by atoms with Crippen LogP contribution in [0.5, 0.6) is 0 Å². The summed E-state index contributed by atoms with van der Waals surface area (Å²) in [7, 11) is 1.61. The van der Waals surface area contributed by atoms with Crippen LogP contribution in [0.15, 0.2) is 30.3 Å². The molecule has 1 rings (SSSR count). The molecule has 0 aromatic heterocycles. The van der Waals surface area contributed by atoms with Crippen LogP contribution in [0.1, 0.15) is 31.9 Å². The number of aliphatic hydroxyl groups excluding tert-OH is 1. The molecule has 0 spiro atoms. The lowest BCUT2D eigenvalue weighted by molar-refractivity contribution is -0.136. The number of aliphatic hydroxyl groups is 1. The lowest BCUT2D eigenvalue weighted by Crippen LogP contribution is -2.42. The molecule has 0 fully saturated rings. The predicted molar refractivity (Wildman–Crippen MR) is 81.5 cm³/mol. The van der Waals surface area contributed by atoms with Gasteiger partial charge in [-0.15, -0.1) is 0 Å². The number of carbonyl (C=O) groups excluding carboxylic acids is 2. The van der Waals surface area contributed by atoms with Gasteiger partial charge in [-0.3, -0.25) is 9.59 Å². The first kappa shape index (κ1) is 17.2. The Morgan fingerprint density at radius 3 is 2.38 bits per heavy atom. The summed E-state index contributed by atoms with van der Waals surface area (Å²) in [5.41, 5.74) is 0.740. The van der Waals surface area contributed by atoms with Crippen molar-refractivity contribution in [2.24, 2.45) is 5.92 Å². The van der Waals surface area contributed by atoms with E-state index in [1.54, 1.807) is 7.05 Å². The van der Waals surface area contributed by atoms with E-state index in [-0.39, 0.29) is 30.9 Å². The van der Waals surface area contributed by atoms with Gasteiger partial charge in [0.2, 0.25) is 11.8 Å². The molecule has 5 heteroatoms. The minimum absolute atomic E-state index is 0.107. The van der Waals surface area contributed by atoms with Crippen LogP contribution in [0.3, 0.4) is 0 Å². The van der Waals surface area contributed by atoms with Crippen molar-refractivity contribution in [3.63, 3.8) is 0 Å². The number of carbonyl (C=O) groups is 2. The number of nitrogens with one attached hydrogen (secondary N) is 1. The summed E-state index contributed by atoms with van der Waals surface area (Å²) in [5, 5.41) is 11.7. The normalized spacial score (nSPS) is 12.0. The van der Waals surface area contributed by atoms with Gasteiger partial charge < -0.3 is 15.3 Å². The predicted octanol–water partition coefficient (Wildman–Crippen LogP) is 1.34. The molecule has 1 aromatic rings. The van der Waals surface area contributed by atoms with Gasteiger partial charge in [0.05, 0.1) is 6.61 Å². The number of nitrogens with zero attached hydrogens (tertiary/aromatic N) is 1. The fourth-order valence-corrected chi connectivity index (χ4v) is 2.00. The van der Waals surface area contributed by atoms with E-state index in [1.165, 1.54) is 4.90 Å². The Balaban J connectivity index is 2.90. The van der Waals surface area contributed by atoms with Gasteiger partial charge >= 0.3 is 0 Å². The van der Waals surface area contributed by atoms with Crippen LogP contribution in [-0.4, -0.2) is 42.0 Å². The molecule has 0 bridgehead atoms. The molecule has 1 aromatic carbocycles. The van der Waals surface area contributed by atoms with Crippen molar-refractivity contribution in [1.82, 2.24) is 10.2 Å². The molecule has 0 heterocycles. The van der Waals surface area contributed by atoms with E-state index in [2.05, 4.69) is 5.32 Å². The minimum atomic E-state index is -0.714. The number of amides is 2. The molecule has 5 nitrogen and oxygen atoms in total. The molecular formula is C16H24N2O3. The largest absolute Gasteiger partial charge is 0.395 e. The molecule has 116 valence electrons. The highest BCUT2D eigenvalue weighted by Gasteiger charge is 2.25. The van der Waals surface area contributed by atoms with Crippen molar-refractivity contribution in [2.75, 3.05) is 20.2 Å². The average Bonchev–Trinajstić information content (AvgIpc) is 2.44. The second-order valence-electron chi connectivity index (χ2n) is 5.49. The Morgan fingerprint density at radius 2 is 1.86 bits per heavy atom. The monoisotopic (exact) mass is 292 g/mol. The van der Waals surface area contributed by atoms with E-state index in [0.29, 0.717) is 6.42 Å². The summed E-state index contributed by atoms with van der Waals surface area (Å²) in [5.74, 6) is -0.149. The highest BCUT2D eigenvalue weighted by molar-refractivity contribution is 5.88. The standard InChI is InChI=1S/C16H24N2O3/c1-12(2)11-14(20)17-15(13-7-5-4-6-8-13)16(21)18(3)9-10-19/h4-8,12,15,19H,9-11H2,1-3H3,(H,17,20). The SMILES string of the molecule is CC(C)CC(=O)NC(C(=O)N(C)CCO)c1ccccc1. The van der Waals surface area contributed by atoms with Gasteiger partial charge in [-0.2, -0.15) is 0 Å². The third-order valence-electron chi connectivity index (χ3n) is 3.09. The molecule has 0 saturated heterocycles. The van der Waals surface area contributed by atoms with Gasteiger partial charge in [0.25, 0.3) is 0 Å². The van der Waals surface area contributed by atoms with Crippen LogP contribution in [0.2, 0.25) is 0 Å². The topological polar surface area (TPSA) is 69.6 Å². The molecule has 0 aliphatic rings. The highest BCUT2D eigenvalue weighted by atomic mass is 16.3. The number of hydrogen-bond donors (Lipinski definition) is 2. The molecule has 0 saturated carbocycles. The zero-order valence-electron chi connectivity index (χ0n) is 12.9. The smallest absolute Gasteiger partial charge is 0.249 e. The van der Waals surface area contributed by atoms with Crippen LogP contribution in [0.4, 0.5) is 0 Å². The van der Waals surface area contributed by atoms with Crippen molar-refractivity contribution in [1.29, 1.82) is 0 Å². The zero-order valence-corrected chi connectivity index (χ0v) is 12.9. The maximum absolute atomic E-state index is 12.5. The molecule has 1 unspecified atom stereocenters. The molecule has 21 heavy (non-hydrogen) atoms. The van der Waals surface area contributed by atoms with Gasteiger partial charge in [-0.25, -0.2) is 0 Å². The average molecular weight is 292 g/mol. The van der Waals surface area contributed by atoms with Crippen LogP contribution in [0.25, 0.3) is 0 Å². The molecule has 2 amide bonds. The summed E-state index contributed by atoms with van der Waals surface area (Å²) < 4.78 is 0. The zero-order chi connectivity index (χ0) is 15.8. The summed E-state index contributed by atoms with van der Waals surface area (Å²) in [6.07, 6.45) is 0.375. The van der Waals surface area contributed by atoms with Gasteiger partial charge in [0, 0.05) is 20.0 Å². The number of benzene rings is 1. The summed E-state index contributed by atoms with van der Waals surface area (Å²) in [6, 6.07) is 8.43. The second kappa shape index (κ2) is 8.42. The third kappa shape index (κ3) is 5.55. The van der Waals surface area contributed by atoms with Gasteiger partial charge in [0.15, 0.2) is 0 Å². The molecule has 1 atom stereocenters. The maximum atomic E-state index is 12.5. The van der Waals surface area contributed by atoms with Crippen molar-refractivity contribution in [3.05, 3.63) is 35.9 Å². The Labute approximate surface area is 126 Å². The second-order valence-corrected chi connectivity index (χ2v) is 5.49. The number of rotatable bonds is 7. The quantitative estimate of drug-likeness (QED) is 0.797. The van der Waals surface area contributed by atoms with Crippen molar-refractivity contribution < 1.29 is 14.7 Å². The fourth-order valence-electron chi connectivity index (χ4n) is 2.00.